The smallest absolute Gasteiger partial charge is 0.270 e. The molecule has 0 aliphatic carbocycles. The maximum atomic E-state index is 11.8. The summed E-state index contributed by atoms with van der Waals surface area (Å²) in [6.45, 7) is 0.100. The number of benzene rings is 1. The van der Waals surface area contributed by atoms with Crippen molar-refractivity contribution in [1.82, 2.24) is 10.3 Å². The van der Waals surface area contributed by atoms with Crippen molar-refractivity contribution in [2.45, 2.75) is 6.42 Å². The second-order valence-corrected chi connectivity index (χ2v) is 7.88. The number of carbonyl (C=O) groups excluding carboxylic acids is 1. The first-order valence-corrected chi connectivity index (χ1v) is 9.32. The number of hydrogen-bond acceptors (Lipinski definition) is 5. The van der Waals surface area contributed by atoms with Crippen molar-refractivity contribution in [2.24, 2.45) is 0 Å². The molecule has 7 heteroatoms. The Bertz CT molecular complexity index is 709. The van der Waals surface area contributed by atoms with Gasteiger partial charge >= 0.3 is 0 Å². The third-order valence-corrected chi connectivity index (χ3v) is 4.54. The fourth-order valence-corrected chi connectivity index (χ4v) is 2.99. The molecule has 0 fully saturated rings. The molecule has 0 atom stereocenters. The summed E-state index contributed by atoms with van der Waals surface area (Å²) in [5.41, 5.74) is 1.47. The fraction of sp³-hybridized carbons (Fsp3) is 0.286. The number of carbonyl (C=O) groups is 1. The van der Waals surface area contributed by atoms with Crippen LogP contribution >= 0.6 is 11.3 Å². The normalized spacial score (nSPS) is 11.3. The first-order chi connectivity index (χ1) is 9.94. The monoisotopic (exact) mass is 324 g/mol. The van der Waals surface area contributed by atoms with Gasteiger partial charge in [0.1, 0.15) is 15.5 Å². The van der Waals surface area contributed by atoms with Gasteiger partial charge in [-0.15, -0.1) is 11.3 Å². The highest BCUT2D eigenvalue weighted by atomic mass is 32.2. The number of sulfone groups is 1. The highest BCUT2D eigenvalue weighted by molar-refractivity contribution is 7.90. The van der Waals surface area contributed by atoms with E-state index in [0.29, 0.717) is 12.1 Å². The molecule has 0 unspecified atom stereocenters. The van der Waals surface area contributed by atoms with E-state index in [9.17, 15) is 13.2 Å². The number of nitrogens with zero attached hydrogens (tertiary/aromatic N) is 1. The molecule has 5 nitrogen and oxygen atoms in total. The van der Waals surface area contributed by atoms with E-state index in [1.165, 1.54) is 11.3 Å². The third kappa shape index (κ3) is 5.28. The summed E-state index contributed by atoms with van der Waals surface area (Å²) in [6.07, 6.45) is 1.82. The van der Waals surface area contributed by atoms with Crippen LogP contribution in [0.2, 0.25) is 0 Å². The first kappa shape index (κ1) is 15.7. The largest absolute Gasteiger partial charge is 0.350 e. The van der Waals surface area contributed by atoms with Gasteiger partial charge in [-0.1, -0.05) is 30.3 Å². The highest BCUT2D eigenvalue weighted by Crippen LogP contribution is 2.14. The van der Waals surface area contributed by atoms with Crippen LogP contribution in [0.25, 0.3) is 0 Å². The van der Waals surface area contributed by atoms with Crippen molar-refractivity contribution < 1.29 is 13.2 Å². The lowest BCUT2D eigenvalue weighted by Gasteiger charge is -2.01. The van der Waals surface area contributed by atoms with Crippen molar-refractivity contribution >= 4 is 27.1 Å². The van der Waals surface area contributed by atoms with E-state index < -0.39 is 9.84 Å². The van der Waals surface area contributed by atoms with Gasteiger partial charge in [-0.2, -0.15) is 0 Å². The number of aromatic nitrogens is 1. The van der Waals surface area contributed by atoms with E-state index in [4.69, 9.17) is 0 Å². The molecule has 112 valence electrons. The average Bonchev–Trinajstić information content (AvgIpc) is 2.87. The molecule has 1 aromatic carbocycles. The van der Waals surface area contributed by atoms with Crippen molar-refractivity contribution in [3.63, 3.8) is 0 Å². The van der Waals surface area contributed by atoms with Crippen LogP contribution in [0.4, 0.5) is 0 Å². The summed E-state index contributed by atoms with van der Waals surface area (Å²) < 4.78 is 22.0. The Labute approximate surface area is 128 Å². The molecule has 0 bridgehead atoms. The van der Waals surface area contributed by atoms with Crippen LogP contribution in [-0.2, 0) is 16.3 Å². The van der Waals surface area contributed by atoms with Crippen LogP contribution in [-0.4, -0.2) is 37.9 Å². The quantitative estimate of drug-likeness (QED) is 0.874. The lowest BCUT2D eigenvalue weighted by molar-refractivity contribution is 0.0951. The Morgan fingerprint density at radius 3 is 2.67 bits per heavy atom. The Morgan fingerprint density at radius 2 is 2.00 bits per heavy atom. The molecule has 1 amide bonds. The molecular weight excluding hydrogens is 308 g/mol. The summed E-state index contributed by atoms with van der Waals surface area (Å²) in [5, 5.41) is 5.10. The van der Waals surface area contributed by atoms with Gasteiger partial charge in [0.25, 0.3) is 5.91 Å². The van der Waals surface area contributed by atoms with Crippen LogP contribution < -0.4 is 5.32 Å². The van der Waals surface area contributed by atoms with E-state index in [2.05, 4.69) is 10.3 Å². The lowest BCUT2D eigenvalue weighted by Crippen LogP contribution is -2.29. The van der Waals surface area contributed by atoms with Crippen molar-refractivity contribution in [3.8, 4) is 0 Å². The Morgan fingerprint density at radius 1 is 1.29 bits per heavy atom. The molecular formula is C14H16N2O3S2. The topological polar surface area (TPSA) is 76.1 Å². The van der Waals surface area contributed by atoms with Crippen LogP contribution in [0, 0.1) is 0 Å². The number of hydrogen-bond donors (Lipinski definition) is 1. The minimum atomic E-state index is -3.07. The Kier molecular flexibility index (Phi) is 5.08. The van der Waals surface area contributed by atoms with Crippen molar-refractivity contribution in [2.75, 3.05) is 18.6 Å². The van der Waals surface area contributed by atoms with Gasteiger partial charge in [-0.05, 0) is 5.56 Å². The van der Waals surface area contributed by atoms with Crippen LogP contribution in [0.3, 0.4) is 0 Å². The molecule has 0 aliphatic rings. The summed E-state index contributed by atoms with van der Waals surface area (Å²) in [6, 6.07) is 9.88. The summed E-state index contributed by atoms with van der Waals surface area (Å²) in [4.78, 5) is 16.1. The standard InChI is InChI=1S/C14H16N2O3S2/c1-21(18,19)8-7-15-14(17)12-10-20-13(16-12)9-11-5-3-2-4-6-11/h2-6,10H,7-9H2,1H3,(H,15,17). The maximum Gasteiger partial charge on any atom is 0.270 e. The van der Waals surface area contributed by atoms with Crippen LogP contribution in [0.5, 0.6) is 0 Å². The van der Waals surface area contributed by atoms with Crippen molar-refractivity contribution in [3.05, 3.63) is 52.0 Å². The second-order valence-electron chi connectivity index (χ2n) is 4.67. The molecule has 21 heavy (non-hydrogen) atoms. The molecule has 1 heterocycles. The second kappa shape index (κ2) is 6.82. The number of amides is 1. The van der Waals surface area contributed by atoms with Gasteiger partial charge in [0, 0.05) is 24.6 Å². The summed E-state index contributed by atoms with van der Waals surface area (Å²) >= 11 is 1.42. The average molecular weight is 324 g/mol. The number of nitrogens with one attached hydrogen (secondary N) is 1. The summed E-state index contributed by atoms with van der Waals surface area (Å²) in [5.74, 6) is -0.408. The highest BCUT2D eigenvalue weighted by Gasteiger charge is 2.11. The SMILES string of the molecule is CS(=O)(=O)CCNC(=O)c1csc(Cc2ccccc2)n1. The molecule has 2 rings (SSSR count). The Balaban J connectivity index is 1.92. The zero-order valence-electron chi connectivity index (χ0n) is 11.6. The van der Waals surface area contributed by atoms with Gasteiger partial charge in [0.05, 0.1) is 10.8 Å². The molecule has 0 saturated heterocycles. The number of thiazole rings is 1. The summed E-state index contributed by atoms with van der Waals surface area (Å²) in [7, 11) is -3.07. The predicted molar refractivity (Wildman–Crippen MR) is 83.4 cm³/mol. The van der Waals surface area contributed by atoms with Gasteiger partial charge in [0.2, 0.25) is 0 Å². The van der Waals surface area contributed by atoms with Crippen LogP contribution in [0.1, 0.15) is 21.1 Å². The molecule has 2 aromatic rings. The van der Waals surface area contributed by atoms with Crippen molar-refractivity contribution in [1.29, 1.82) is 0 Å². The molecule has 0 aliphatic heterocycles. The minimum absolute atomic E-state index is 0.0697. The zero-order chi connectivity index (χ0) is 15.3. The third-order valence-electron chi connectivity index (χ3n) is 2.74. The lowest BCUT2D eigenvalue weighted by atomic mass is 10.2. The first-order valence-electron chi connectivity index (χ1n) is 6.38. The van der Waals surface area contributed by atoms with E-state index in [0.717, 1.165) is 16.8 Å². The molecule has 1 aromatic heterocycles. The molecule has 0 spiro atoms. The van der Waals surface area contributed by atoms with Crippen LogP contribution in [0.15, 0.2) is 35.7 Å². The number of rotatable bonds is 6. The van der Waals surface area contributed by atoms with E-state index in [-0.39, 0.29) is 18.2 Å². The zero-order valence-corrected chi connectivity index (χ0v) is 13.2. The van der Waals surface area contributed by atoms with Gasteiger partial charge in [-0.3, -0.25) is 4.79 Å². The van der Waals surface area contributed by atoms with Gasteiger partial charge in [0.15, 0.2) is 0 Å². The molecule has 1 N–H and O–H groups in total. The van der Waals surface area contributed by atoms with E-state index >= 15 is 0 Å². The van der Waals surface area contributed by atoms with E-state index in [1.54, 1.807) is 5.38 Å². The molecule has 0 saturated carbocycles. The maximum absolute atomic E-state index is 11.8. The fourth-order valence-electron chi connectivity index (χ4n) is 1.71. The predicted octanol–water partition coefficient (Wildman–Crippen LogP) is 1.51. The van der Waals surface area contributed by atoms with Gasteiger partial charge < -0.3 is 5.32 Å². The molecule has 0 radical (unpaired) electrons. The minimum Gasteiger partial charge on any atom is -0.350 e. The Hall–Kier alpha value is -1.73. The van der Waals surface area contributed by atoms with Gasteiger partial charge in [-0.25, -0.2) is 13.4 Å². The van der Waals surface area contributed by atoms with E-state index in [1.807, 2.05) is 30.3 Å².